The first-order valence-electron chi connectivity index (χ1n) is 7.83. The summed E-state index contributed by atoms with van der Waals surface area (Å²) in [5.41, 5.74) is 0.967. The Labute approximate surface area is 120 Å². The van der Waals surface area contributed by atoms with Gasteiger partial charge in [0.15, 0.2) is 0 Å². The average molecular weight is 276 g/mol. The zero-order valence-corrected chi connectivity index (χ0v) is 12.2. The monoisotopic (exact) mass is 276 g/mol. The quantitative estimate of drug-likeness (QED) is 0.923. The van der Waals surface area contributed by atoms with Gasteiger partial charge in [0, 0.05) is 25.4 Å². The van der Waals surface area contributed by atoms with E-state index in [0.29, 0.717) is 11.7 Å². The van der Waals surface area contributed by atoms with Crippen molar-refractivity contribution in [2.45, 2.75) is 57.1 Å². The molecule has 1 spiro atoms. The molecule has 1 aliphatic heterocycles. The Morgan fingerprint density at radius 3 is 2.85 bits per heavy atom. The Kier molecular flexibility index (Phi) is 3.83. The van der Waals surface area contributed by atoms with Crippen molar-refractivity contribution in [1.82, 2.24) is 4.57 Å². The molecule has 1 aromatic rings. The molecule has 1 N–H and O–H groups in total. The minimum atomic E-state index is 0.114. The van der Waals surface area contributed by atoms with Crippen LogP contribution in [0.15, 0.2) is 23.1 Å². The highest BCUT2D eigenvalue weighted by Crippen LogP contribution is 2.42. The molecule has 0 aromatic carbocycles. The maximum absolute atomic E-state index is 12.4. The fourth-order valence-electron chi connectivity index (χ4n) is 3.68. The highest BCUT2D eigenvalue weighted by molar-refractivity contribution is 5.40. The molecule has 0 atom stereocenters. The molecule has 0 bridgehead atoms. The highest BCUT2D eigenvalue weighted by atomic mass is 16.5. The van der Waals surface area contributed by atoms with Crippen LogP contribution < -0.4 is 10.9 Å². The molecule has 0 amide bonds. The van der Waals surface area contributed by atoms with Gasteiger partial charge >= 0.3 is 0 Å². The van der Waals surface area contributed by atoms with Crippen LogP contribution in [0.1, 0.15) is 51.5 Å². The van der Waals surface area contributed by atoms with E-state index in [2.05, 4.69) is 5.32 Å². The normalized spacial score (nSPS) is 29.8. The van der Waals surface area contributed by atoms with E-state index in [-0.39, 0.29) is 11.2 Å². The van der Waals surface area contributed by atoms with Crippen LogP contribution in [0.4, 0.5) is 5.69 Å². The topological polar surface area (TPSA) is 43.3 Å². The Morgan fingerprint density at radius 2 is 2.20 bits per heavy atom. The van der Waals surface area contributed by atoms with E-state index in [1.165, 1.54) is 12.8 Å². The molecule has 2 fully saturated rings. The SMILES string of the molecule is CCNc1cccn(C2CCC3(CCCO3)CC2)c1=O. The van der Waals surface area contributed by atoms with Gasteiger partial charge in [-0.15, -0.1) is 0 Å². The summed E-state index contributed by atoms with van der Waals surface area (Å²) in [4.78, 5) is 12.4. The summed E-state index contributed by atoms with van der Waals surface area (Å²) in [5, 5.41) is 3.15. The van der Waals surface area contributed by atoms with Gasteiger partial charge in [0.05, 0.1) is 5.60 Å². The van der Waals surface area contributed by atoms with E-state index in [1.807, 2.05) is 29.8 Å². The first-order chi connectivity index (χ1) is 9.74. The van der Waals surface area contributed by atoms with Crippen molar-refractivity contribution >= 4 is 5.69 Å². The maximum atomic E-state index is 12.4. The van der Waals surface area contributed by atoms with Gasteiger partial charge in [-0.1, -0.05) is 0 Å². The van der Waals surface area contributed by atoms with Gasteiger partial charge in [-0.25, -0.2) is 0 Å². The van der Waals surface area contributed by atoms with Gasteiger partial charge in [-0.2, -0.15) is 0 Å². The number of pyridine rings is 1. The standard InChI is InChI=1S/C16H24N2O2/c1-2-17-14-5-3-11-18(15(14)19)13-6-9-16(10-7-13)8-4-12-20-16/h3,5,11,13,17H,2,4,6-10,12H2,1H3. The van der Waals surface area contributed by atoms with Crippen LogP contribution in [-0.2, 0) is 4.74 Å². The molecular formula is C16H24N2O2. The predicted octanol–water partition coefficient (Wildman–Crippen LogP) is 2.94. The van der Waals surface area contributed by atoms with Gasteiger partial charge in [-0.3, -0.25) is 4.79 Å². The number of hydrogen-bond donors (Lipinski definition) is 1. The molecule has 4 heteroatoms. The highest BCUT2D eigenvalue weighted by Gasteiger charge is 2.39. The number of nitrogens with zero attached hydrogens (tertiary/aromatic N) is 1. The second kappa shape index (κ2) is 5.60. The van der Waals surface area contributed by atoms with E-state index in [1.54, 1.807) is 0 Å². The first kappa shape index (κ1) is 13.7. The molecule has 110 valence electrons. The summed E-state index contributed by atoms with van der Waals surface area (Å²) in [6.07, 6.45) is 8.62. The smallest absolute Gasteiger partial charge is 0.274 e. The Morgan fingerprint density at radius 1 is 1.40 bits per heavy atom. The summed E-state index contributed by atoms with van der Waals surface area (Å²) in [6, 6.07) is 4.17. The maximum Gasteiger partial charge on any atom is 0.274 e. The number of aromatic nitrogens is 1. The van der Waals surface area contributed by atoms with Crippen LogP contribution in [-0.4, -0.2) is 23.3 Å². The van der Waals surface area contributed by atoms with Crippen molar-refractivity contribution in [1.29, 1.82) is 0 Å². The van der Waals surface area contributed by atoms with Gasteiger partial charge in [0.1, 0.15) is 5.69 Å². The number of hydrogen-bond acceptors (Lipinski definition) is 3. The fraction of sp³-hybridized carbons (Fsp3) is 0.688. The lowest BCUT2D eigenvalue weighted by Gasteiger charge is -2.37. The zero-order chi connectivity index (χ0) is 14.0. The van der Waals surface area contributed by atoms with Crippen LogP contribution in [0.3, 0.4) is 0 Å². The predicted molar refractivity (Wildman–Crippen MR) is 80.3 cm³/mol. The van der Waals surface area contributed by atoms with Crippen molar-refractivity contribution in [2.75, 3.05) is 18.5 Å². The van der Waals surface area contributed by atoms with E-state index >= 15 is 0 Å². The fourth-order valence-corrected chi connectivity index (χ4v) is 3.68. The van der Waals surface area contributed by atoms with Crippen LogP contribution in [0, 0.1) is 0 Å². The van der Waals surface area contributed by atoms with Crippen molar-refractivity contribution in [3.63, 3.8) is 0 Å². The van der Waals surface area contributed by atoms with Crippen molar-refractivity contribution in [2.24, 2.45) is 0 Å². The lowest BCUT2D eigenvalue weighted by Crippen LogP contribution is -2.36. The lowest BCUT2D eigenvalue weighted by molar-refractivity contribution is -0.0334. The lowest BCUT2D eigenvalue weighted by atomic mass is 9.80. The molecule has 0 radical (unpaired) electrons. The van der Waals surface area contributed by atoms with E-state index < -0.39 is 0 Å². The Balaban J connectivity index is 1.75. The van der Waals surface area contributed by atoms with Crippen LogP contribution >= 0.6 is 0 Å². The molecule has 1 aliphatic carbocycles. The van der Waals surface area contributed by atoms with Gasteiger partial charge in [0.25, 0.3) is 5.56 Å². The van der Waals surface area contributed by atoms with Crippen LogP contribution in [0.25, 0.3) is 0 Å². The third kappa shape index (κ3) is 2.49. The van der Waals surface area contributed by atoms with Crippen molar-refractivity contribution < 1.29 is 4.74 Å². The molecule has 0 unspecified atom stereocenters. The summed E-state index contributed by atoms with van der Waals surface area (Å²) in [7, 11) is 0. The molecule has 2 aliphatic rings. The number of rotatable bonds is 3. The number of ether oxygens (including phenoxy) is 1. The third-order valence-electron chi connectivity index (χ3n) is 4.79. The van der Waals surface area contributed by atoms with E-state index in [0.717, 1.165) is 38.8 Å². The van der Waals surface area contributed by atoms with Gasteiger partial charge < -0.3 is 14.6 Å². The van der Waals surface area contributed by atoms with Gasteiger partial charge in [0.2, 0.25) is 0 Å². The molecule has 1 aromatic heterocycles. The summed E-state index contributed by atoms with van der Waals surface area (Å²) in [5.74, 6) is 0. The third-order valence-corrected chi connectivity index (χ3v) is 4.79. The van der Waals surface area contributed by atoms with Crippen LogP contribution in [0.2, 0.25) is 0 Å². The molecule has 2 heterocycles. The zero-order valence-electron chi connectivity index (χ0n) is 12.2. The average Bonchev–Trinajstić information content (AvgIpc) is 2.91. The summed E-state index contributed by atoms with van der Waals surface area (Å²) in [6.45, 7) is 3.71. The van der Waals surface area contributed by atoms with Gasteiger partial charge in [-0.05, 0) is 57.6 Å². The molecular weight excluding hydrogens is 252 g/mol. The summed E-state index contributed by atoms with van der Waals surface area (Å²) < 4.78 is 7.87. The van der Waals surface area contributed by atoms with E-state index in [4.69, 9.17) is 4.74 Å². The van der Waals surface area contributed by atoms with Crippen LogP contribution in [0.5, 0.6) is 0 Å². The second-order valence-electron chi connectivity index (χ2n) is 6.03. The minimum Gasteiger partial charge on any atom is -0.381 e. The molecule has 20 heavy (non-hydrogen) atoms. The minimum absolute atomic E-state index is 0.114. The number of anilines is 1. The number of nitrogens with one attached hydrogen (secondary N) is 1. The Hall–Kier alpha value is -1.29. The molecule has 4 nitrogen and oxygen atoms in total. The summed E-state index contributed by atoms with van der Waals surface area (Å²) >= 11 is 0. The Bertz CT molecular complexity index is 507. The molecule has 3 rings (SSSR count). The largest absolute Gasteiger partial charge is 0.381 e. The molecule has 1 saturated carbocycles. The van der Waals surface area contributed by atoms with Crippen molar-refractivity contribution in [3.05, 3.63) is 28.7 Å². The van der Waals surface area contributed by atoms with Crippen molar-refractivity contribution in [3.8, 4) is 0 Å². The first-order valence-corrected chi connectivity index (χ1v) is 7.83. The molecule has 1 saturated heterocycles. The second-order valence-corrected chi connectivity index (χ2v) is 6.03. The van der Waals surface area contributed by atoms with E-state index in [9.17, 15) is 4.79 Å².